The standard InChI is InChI=1S/C18H19BrN2O5/c19-15-7-3-13(4-8-15)2-1-11-18(23,12-26-17(20)22)14-5-9-16(10-6-14)21(24)25/h3-10,23H,1-2,11-12H2,(H2,20,22)/t18-/m0/s1. The average molecular weight is 423 g/mol. The second-order valence-electron chi connectivity index (χ2n) is 5.92. The third-order valence-corrected chi connectivity index (χ3v) is 4.57. The molecule has 0 radical (unpaired) electrons. The van der Waals surface area contributed by atoms with Crippen LogP contribution in [-0.4, -0.2) is 22.7 Å². The number of nitrogens with two attached hydrogens (primary N) is 1. The molecule has 8 heteroatoms. The summed E-state index contributed by atoms with van der Waals surface area (Å²) >= 11 is 3.38. The molecule has 3 N–H and O–H groups in total. The second kappa shape index (κ2) is 8.77. The highest BCUT2D eigenvalue weighted by molar-refractivity contribution is 9.10. The van der Waals surface area contributed by atoms with Gasteiger partial charge in [-0.15, -0.1) is 0 Å². The van der Waals surface area contributed by atoms with Gasteiger partial charge < -0.3 is 15.6 Å². The molecule has 0 unspecified atom stereocenters. The van der Waals surface area contributed by atoms with Crippen molar-refractivity contribution in [2.75, 3.05) is 6.61 Å². The van der Waals surface area contributed by atoms with Crippen LogP contribution in [0.3, 0.4) is 0 Å². The molecule has 26 heavy (non-hydrogen) atoms. The Bertz CT molecular complexity index is 764. The molecule has 0 bridgehead atoms. The molecule has 138 valence electrons. The Labute approximate surface area is 159 Å². The number of hydrogen-bond donors (Lipinski definition) is 2. The summed E-state index contributed by atoms with van der Waals surface area (Å²) in [5, 5.41) is 21.8. The molecule has 2 aromatic carbocycles. The van der Waals surface area contributed by atoms with Gasteiger partial charge in [0.25, 0.3) is 5.69 Å². The van der Waals surface area contributed by atoms with Crippen molar-refractivity contribution >= 4 is 27.7 Å². The van der Waals surface area contributed by atoms with Crippen molar-refractivity contribution in [1.82, 2.24) is 0 Å². The SMILES string of the molecule is NC(=O)OC[C@@](O)(CCCc1ccc(Br)cc1)c1ccc([N+](=O)[O-])cc1. The number of ether oxygens (including phenoxy) is 1. The first-order valence-corrected chi connectivity index (χ1v) is 8.73. The Morgan fingerprint density at radius 3 is 2.35 bits per heavy atom. The molecule has 1 atom stereocenters. The topological polar surface area (TPSA) is 116 Å². The average Bonchev–Trinajstić information content (AvgIpc) is 2.62. The monoisotopic (exact) mass is 422 g/mol. The Balaban J connectivity index is 2.11. The normalized spacial score (nSPS) is 13.0. The van der Waals surface area contributed by atoms with E-state index in [9.17, 15) is 20.0 Å². The first-order valence-electron chi connectivity index (χ1n) is 7.94. The smallest absolute Gasteiger partial charge is 0.404 e. The summed E-state index contributed by atoms with van der Waals surface area (Å²) in [5.74, 6) is 0. The van der Waals surface area contributed by atoms with E-state index < -0.39 is 16.6 Å². The maximum absolute atomic E-state index is 11.0. The first kappa shape index (κ1) is 19.9. The zero-order valence-electron chi connectivity index (χ0n) is 13.9. The van der Waals surface area contributed by atoms with E-state index in [1.807, 2.05) is 24.3 Å². The quantitative estimate of drug-likeness (QED) is 0.497. The molecule has 0 aromatic heterocycles. The van der Waals surface area contributed by atoms with Crippen LogP contribution in [0.15, 0.2) is 53.0 Å². The number of carbonyl (C=O) groups is 1. The second-order valence-corrected chi connectivity index (χ2v) is 6.84. The van der Waals surface area contributed by atoms with E-state index in [-0.39, 0.29) is 12.3 Å². The minimum atomic E-state index is -1.47. The van der Waals surface area contributed by atoms with Crippen LogP contribution in [0, 0.1) is 10.1 Å². The van der Waals surface area contributed by atoms with Gasteiger partial charge in [-0.2, -0.15) is 0 Å². The van der Waals surface area contributed by atoms with Crippen LogP contribution in [-0.2, 0) is 16.8 Å². The van der Waals surface area contributed by atoms with Crippen LogP contribution in [0.25, 0.3) is 0 Å². The largest absolute Gasteiger partial charge is 0.446 e. The zero-order valence-corrected chi connectivity index (χ0v) is 15.5. The number of hydrogen-bond acceptors (Lipinski definition) is 5. The summed E-state index contributed by atoms with van der Waals surface area (Å²) in [7, 11) is 0. The van der Waals surface area contributed by atoms with Crippen molar-refractivity contribution in [3.05, 3.63) is 74.2 Å². The molecule has 2 aromatic rings. The van der Waals surface area contributed by atoms with Crippen molar-refractivity contribution in [3.8, 4) is 0 Å². The third kappa shape index (κ3) is 5.53. The molecule has 0 spiro atoms. The van der Waals surface area contributed by atoms with Gasteiger partial charge in [0.15, 0.2) is 0 Å². The molecule has 0 aliphatic rings. The van der Waals surface area contributed by atoms with Gasteiger partial charge in [0, 0.05) is 16.6 Å². The molecule has 7 nitrogen and oxygen atoms in total. The predicted octanol–water partition coefficient (Wildman–Crippen LogP) is 3.66. The van der Waals surface area contributed by atoms with Gasteiger partial charge in [0.1, 0.15) is 12.2 Å². The van der Waals surface area contributed by atoms with Crippen molar-refractivity contribution in [3.63, 3.8) is 0 Å². The summed E-state index contributed by atoms with van der Waals surface area (Å²) in [5.41, 5.74) is 4.99. The van der Waals surface area contributed by atoms with Gasteiger partial charge in [0.2, 0.25) is 0 Å². The van der Waals surface area contributed by atoms with Crippen molar-refractivity contribution in [2.24, 2.45) is 5.73 Å². The fourth-order valence-corrected chi connectivity index (χ4v) is 2.88. The van der Waals surface area contributed by atoms with Crippen molar-refractivity contribution in [2.45, 2.75) is 24.9 Å². The van der Waals surface area contributed by atoms with Crippen LogP contribution in [0.1, 0.15) is 24.0 Å². The Morgan fingerprint density at radius 1 is 1.19 bits per heavy atom. The maximum Gasteiger partial charge on any atom is 0.404 e. The number of rotatable bonds is 8. The lowest BCUT2D eigenvalue weighted by molar-refractivity contribution is -0.384. The van der Waals surface area contributed by atoms with Gasteiger partial charge in [-0.25, -0.2) is 4.79 Å². The van der Waals surface area contributed by atoms with Gasteiger partial charge in [0.05, 0.1) is 4.92 Å². The molecule has 0 aliphatic heterocycles. The summed E-state index contributed by atoms with van der Waals surface area (Å²) in [6.07, 6.45) is 0.656. The summed E-state index contributed by atoms with van der Waals surface area (Å²) in [4.78, 5) is 21.2. The van der Waals surface area contributed by atoms with Crippen LogP contribution < -0.4 is 5.73 Å². The number of primary amides is 1. The lowest BCUT2D eigenvalue weighted by Gasteiger charge is -2.28. The van der Waals surface area contributed by atoms with E-state index in [1.165, 1.54) is 24.3 Å². The number of aryl methyl sites for hydroxylation is 1. The number of nitrogens with zero attached hydrogens (tertiary/aromatic N) is 1. The summed E-state index contributed by atoms with van der Waals surface area (Å²) < 4.78 is 5.79. The van der Waals surface area contributed by atoms with E-state index in [0.717, 1.165) is 16.5 Å². The molecule has 1 amide bonds. The summed E-state index contributed by atoms with van der Waals surface area (Å²) in [6, 6.07) is 13.4. The van der Waals surface area contributed by atoms with E-state index in [0.29, 0.717) is 18.4 Å². The van der Waals surface area contributed by atoms with Crippen LogP contribution in [0.5, 0.6) is 0 Å². The number of carbonyl (C=O) groups excluding carboxylic acids is 1. The van der Waals surface area contributed by atoms with Gasteiger partial charge in [-0.3, -0.25) is 10.1 Å². The highest BCUT2D eigenvalue weighted by Gasteiger charge is 2.31. The van der Waals surface area contributed by atoms with Gasteiger partial charge in [-0.05, 0) is 54.7 Å². The highest BCUT2D eigenvalue weighted by atomic mass is 79.9. The molecule has 0 heterocycles. The van der Waals surface area contributed by atoms with E-state index >= 15 is 0 Å². The summed E-state index contributed by atoms with van der Waals surface area (Å²) in [6.45, 7) is -0.319. The molecular formula is C18H19BrN2O5. The minimum absolute atomic E-state index is 0.0817. The molecule has 0 fully saturated rings. The van der Waals surface area contributed by atoms with Gasteiger partial charge >= 0.3 is 6.09 Å². The number of nitro groups is 1. The van der Waals surface area contributed by atoms with Crippen LogP contribution >= 0.6 is 15.9 Å². The fourth-order valence-electron chi connectivity index (χ4n) is 2.62. The minimum Gasteiger partial charge on any atom is -0.446 e. The van der Waals surface area contributed by atoms with E-state index in [4.69, 9.17) is 10.5 Å². The zero-order chi connectivity index (χ0) is 19.2. The molecule has 2 rings (SSSR count). The lowest BCUT2D eigenvalue weighted by Crippen LogP contribution is -2.34. The lowest BCUT2D eigenvalue weighted by atomic mass is 9.88. The Hall–Kier alpha value is -2.45. The molecule has 0 aliphatic carbocycles. The van der Waals surface area contributed by atoms with Crippen LogP contribution in [0.2, 0.25) is 0 Å². The van der Waals surface area contributed by atoms with Crippen molar-refractivity contribution in [1.29, 1.82) is 0 Å². The van der Waals surface area contributed by atoms with E-state index in [2.05, 4.69) is 15.9 Å². The molecular weight excluding hydrogens is 404 g/mol. The third-order valence-electron chi connectivity index (χ3n) is 4.04. The highest BCUT2D eigenvalue weighted by Crippen LogP contribution is 2.29. The number of halogens is 1. The number of amides is 1. The van der Waals surface area contributed by atoms with Gasteiger partial charge in [-0.1, -0.05) is 28.1 Å². The first-order chi connectivity index (χ1) is 12.3. The van der Waals surface area contributed by atoms with Crippen LogP contribution in [0.4, 0.5) is 10.5 Å². The number of non-ortho nitro benzene ring substituents is 1. The van der Waals surface area contributed by atoms with Crippen molar-refractivity contribution < 1.29 is 19.6 Å². The molecule has 0 saturated carbocycles. The predicted molar refractivity (Wildman–Crippen MR) is 99.6 cm³/mol. The fraction of sp³-hybridized carbons (Fsp3) is 0.278. The Kier molecular flexibility index (Phi) is 6.70. The van der Waals surface area contributed by atoms with E-state index in [1.54, 1.807) is 0 Å². The number of aliphatic hydroxyl groups is 1. The number of nitro benzene ring substituents is 1. The molecule has 0 saturated heterocycles. The Morgan fingerprint density at radius 2 is 1.81 bits per heavy atom. The maximum atomic E-state index is 11.0. The number of benzene rings is 2.